The maximum atomic E-state index is 13.2. The van der Waals surface area contributed by atoms with Gasteiger partial charge in [0.2, 0.25) is 15.9 Å². The van der Waals surface area contributed by atoms with Crippen LogP contribution in [-0.2, 0) is 21.0 Å². The molecule has 0 bridgehead atoms. The van der Waals surface area contributed by atoms with E-state index in [1.165, 1.54) is 0 Å². The molecule has 0 spiro atoms. The topological polar surface area (TPSA) is 66.5 Å². The lowest BCUT2D eigenvalue weighted by Gasteiger charge is -2.30. The van der Waals surface area contributed by atoms with Crippen molar-refractivity contribution in [2.75, 3.05) is 24.7 Å². The average Bonchev–Trinajstić information content (AvgIpc) is 2.47. The number of piperidine rings is 1. The number of anilines is 1. The number of alkyl halides is 3. The van der Waals surface area contributed by atoms with Crippen molar-refractivity contribution in [3.8, 4) is 0 Å². The number of hydrogen-bond donors (Lipinski definition) is 1. The number of amides is 1. The fourth-order valence-corrected chi connectivity index (χ4v) is 3.43. The Morgan fingerprint density at radius 2 is 2.00 bits per heavy atom. The molecule has 0 radical (unpaired) electrons. The van der Waals surface area contributed by atoms with E-state index in [0.29, 0.717) is 31.5 Å². The summed E-state index contributed by atoms with van der Waals surface area (Å²) in [5.41, 5.74) is -1.66. The molecule has 1 fully saturated rings. The third-order valence-corrected chi connectivity index (χ3v) is 5.03. The van der Waals surface area contributed by atoms with E-state index in [1.54, 1.807) is 0 Å². The number of sulfonamides is 1. The van der Waals surface area contributed by atoms with Gasteiger partial charge in [-0.15, -0.1) is 0 Å². The first kappa shape index (κ1) is 18.7. The van der Waals surface area contributed by atoms with E-state index in [-0.39, 0.29) is 12.2 Å². The van der Waals surface area contributed by atoms with E-state index in [1.807, 2.05) is 0 Å². The van der Waals surface area contributed by atoms with Crippen LogP contribution in [0.15, 0.2) is 18.2 Å². The second kappa shape index (κ2) is 6.67. The molecule has 1 aromatic rings. The summed E-state index contributed by atoms with van der Waals surface area (Å²) in [7, 11) is -3.44. The van der Waals surface area contributed by atoms with Crippen LogP contribution in [0.4, 0.5) is 23.2 Å². The third kappa shape index (κ3) is 4.44. The standard InChI is InChI=1S/C14H16F4N2O3S/c1-24(22,23)20-6-2-3-9(8-20)13(21)19-10-4-5-12(15)11(7-10)14(16,17)18/h4-5,7,9H,2-3,6,8H2,1H3,(H,19,21)/t9-/m0/s1. The van der Waals surface area contributed by atoms with Crippen LogP contribution in [0.3, 0.4) is 0 Å². The molecule has 134 valence electrons. The lowest BCUT2D eigenvalue weighted by Crippen LogP contribution is -2.43. The van der Waals surface area contributed by atoms with Crippen LogP contribution < -0.4 is 5.32 Å². The normalized spacial score (nSPS) is 20.0. The van der Waals surface area contributed by atoms with Gasteiger partial charge in [-0.05, 0) is 31.0 Å². The van der Waals surface area contributed by atoms with Crippen LogP contribution >= 0.6 is 0 Å². The number of hydrogen-bond acceptors (Lipinski definition) is 3. The van der Waals surface area contributed by atoms with Gasteiger partial charge in [-0.25, -0.2) is 17.1 Å². The summed E-state index contributed by atoms with van der Waals surface area (Å²) in [5.74, 6) is -2.70. The summed E-state index contributed by atoms with van der Waals surface area (Å²) < 4.78 is 75.5. The summed E-state index contributed by atoms with van der Waals surface area (Å²) in [6.45, 7) is 0.273. The van der Waals surface area contributed by atoms with Crippen molar-refractivity contribution in [2.45, 2.75) is 19.0 Å². The minimum Gasteiger partial charge on any atom is -0.326 e. The van der Waals surface area contributed by atoms with Crippen LogP contribution in [0, 0.1) is 11.7 Å². The van der Waals surface area contributed by atoms with Crippen LogP contribution in [-0.4, -0.2) is 38.0 Å². The largest absolute Gasteiger partial charge is 0.419 e. The molecule has 1 heterocycles. The van der Waals surface area contributed by atoms with Gasteiger partial charge in [-0.1, -0.05) is 0 Å². The minimum atomic E-state index is -4.87. The van der Waals surface area contributed by atoms with Crippen molar-refractivity contribution in [3.05, 3.63) is 29.6 Å². The van der Waals surface area contributed by atoms with Crippen molar-refractivity contribution in [3.63, 3.8) is 0 Å². The maximum absolute atomic E-state index is 13.2. The van der Waals surface area contributed by atoms with Gasteiger partial charge < -0.3 is 5.32 Å². The Balaban J connectivity index is 2.12. The van der Waals surface area contributed by atoms with E-state index in [0.717, 1.165) is 16.6 Å². The molecule has 0 aliphatic carbocycles. The first-order valence-electron chi connectivity index (χ1n) is 7.11. The molecule has 1 N–H and O–H groups in total. The molecule has 1 aliphatic heterocycles. The van der Waals surface area contributed by atoms with Gasteiger partial charge in [0.05, 0.1) is 17.7 Å². The zero-order chi connectivity index (χ0) is 18.1. The number of halogens is 4. The van der Waals surface area contributed by atoms with Crippen molar-refractivity contribution >= 4 is 21.6 Å². The second-order valence-electron chi connectivity index (χ2n) is 5.64. The predicted molar refractivity (Wildman–Crippen MR) is 79.2 cm³/mol. The van der Waals surface area contributed by atoms with Gasteiger partial charge in [0, 0.05) is 18.8 Å². The van der Waals surface area contributed by atoms with Crippen molar-refractivity contribution in [2.24, 2.45) is 5.92 Å². The molecule has 0 aromatic heterocycles. The quantitative estimate of drug-likeness (QED) is 0.834. The number of carbonyl (C=O) groups excluding carboxylic acids is 1. The van der Waals surface area contributed by atoms with Crippen LogP contribution in [0.25, 0.3) is 0 Å². The summed E-state index contributed by atoms with van der Waals surface area (Å²) in [6.07, 6.45) is -2.95. The number of nitrogens with zero attached hydrogens (tertiary/aromatic N) is 1. The monoisotopic (exact) mass is 368 g/mol. The molecular weight excluding hydrogens is 352 g/mol. The van der Waals surface area contributed by atoms with Crippen molar-refractivity contribution in [1.29, 1.82) is 0 Å². The first-order chi connectivity index (χ1) is 11.0. The van der Waals surface area contributed by atoms with Gasteiger partial charge >= 0.3 is 6.18 Å². The summed E-state index contributed by atoms with van der Waals surface area (Å²) in [5, 5.41) is 2.30. The third-order valence-electron chi connectivity index (χ3n) is 3.76. The molecule has 1 amide bonds. The smallest absolute Gasteiger partial charge is 0.326 e. The fourth-order valence-electron chi connectivity index (χ4n) is 2.52. The number of benzene rings is 1. The number of nitrogens with one attached hydrogen (secondary N) is 1. The van der Waals surface area contributed by atoms with Crippen LogP contribution in [0.5, 0.6) is 0 Å². The Morgan fingerprint density at radius 1 is 1.33 bits per heavy atom. The molecule has 1 saturated heterocycles. The summed E-state index contributed by atoms with van der Waals surface area (Å²) in [6, 6.07) is 2.17. The predicted octanol–water partition coefficient (Wildman–Crippen LogP) is 2.45. The summed E-state index contributed by atoms with van der Waals surface area (Å²) >= 11 is 0. The van der Waals surface area contributed by atoms with E-state index in [4.69, 9.17) is 0 Å². The van der Waals surface area contributed by atoms with Gasteiger partial charge in [-0.2, -0.15) is 13.2 Å². The molecular formula is C14H16F4N2O3S. The zero-order valence-corrected chi connectivity index (χ0v) is 13.5. The van der Waals surface area contributed by atoms with Gasteiger partial charge in [0.25, 0.3) is 0 Å². The van der Waals surface area contributed by atoms with Gasteiger partial charge in [0.15, 0.2) is 0 Å². The Bertz CT molecular complexity index is 734. The molecule has 0 saturated carbocycles. The van der Waals surface area contributed by atoms with Crippen molar-refractivity contribution < 1.29 is 30.8 Å². The van der Waals surface area contributed by atoms with Crippen LogP contribution in [0.2, 0.25) is 0 Å². The summed E-state index contributed by atoms with van der Waals surface area (Å²) in [4.78, 5) is 12.2. The molecule has 1 aromatic carbocycles. The lowest BCUT2D eigenvalue weighted by molar-refractivity contribution is -0.140. The molecule has 24 heavy (non-hydrogen) atoms. The molecule has 1 atom stereocenters. The maximum Gasteiger partial charge on any atom is 0.419 e. The fraction of sp³-hybridized carbons (Fsp3) is 0.500. The van der Waals surface area contributed by atoms with Crippen LogP contribution in [0.1, 0.15) is 18.4 Å². The molecule has 2 rings (SSSR count). The molecule has 5 nitrogen and oxygen atoms in total. The Morgan fingerprint density at radius 3 is 2.58 bits per heavy atom. The SMILES string of the molecule is CS(=O)(=O)N1CCC[C@H](C(=O)Nc2ccc(F)c(C(F)(F)F)c2)C1. The first-order valence-corrected chi connectivity index (χ1v) is 8.96. The average molecular weight is 368 g/mol. The molecule has 0 unspecified atom stereocenters. The minimum absolute atomic E-state index is 0.0298. The second-order valence-corrected chi connectivity index (χ2v) is 7.62. The highest BCUT2D eigenvalue weighted by molar-refractivity contribution is 7.88. The Kier molecular flexibility index (Phi) is 5.19. The van der Waals surface area contributed by atoms with E-state index >= 15 is 0 Å². The highest BCUT2D eigenvalue weighted by atomic mass is 32.2. The zero-order valence-electron chi connectivity index (χ0n) is 12.7. The lowest BCUT2D eigenvalue weighted by atomic mass is 9.98. The molecule has 1 aliphatic rings. The molecule has 10 heteroatoms. The van der Waals surface area contributed by atoms with E-state index in [9.17, 15) is 30.8 Å². The van der Waals surface area contributed by atoms with E-state index < -0.39 is 39.4 Å². The van der Waals surface area contributed by atoms with Gasteiger partial charge in [0.1, 0.15) is 5.82 Å². The van der Waals surface area contributed by atoms with E-state index in [2.05, 4.69) is 5.32 Å². The Labute approximate surface area is 136 Å². The Hall–Kier alpha value is -1.68. The van der Waals surface area contributed by atoms with Gasteiger partial charge in [-0.3, -0.25) is 4.79 Å². The highest BCUT2D eigenvalue weighted by Gasteiger charge is 2.35. The highest BCUT2D eigenvalue weighted by Crippen LogP contribution is 2.33. The number of rotatable bonds is 3. The van der Waals surface area contributed by atoms with Crippen molar-refractivity contribution in [1.82, 2.24) is 4.31 Å². The number of carbonyl (C=O) groups is 1.